The SMILES string of the molecule is CC(N)=NNC(=O)c1ccc([N+](=O)[O-])cc1. The number of amides is 1. The smallest absolute Gasteiger partial charge is 0.271 e. The second-order valence-corrected chi connectivity index (χ2v) is 3.00. The van der Waals surface area contributed by atoms with E-state index >= 15 is 0 Å². The standard InChI is InChI=1S/C9H10N4O3/c1-6(10)11-12-9(14)7-2-4-8(5-3-7)13(15)16/h2-5H,1H3,(H2,10,11)(H,12,14). The van der Waals surface area contributed by atoms with Crippen LogP contribution < -0.4 is 11.2 Å². The van der Waals surface area contributed by atoms with Gasteiger partial charge in [0.1, 0.15) is 5.84 Å². The molecular weight excluding hydrogens is 212 g/mol. The minimum atomic E-state index is -0.538. The van der Waals surface area contributed by atoms with Crippen molar-refractivity contribution in [2.75, 3.05) is 0 Å². The van der Waals surface area contributed by atoms with Gasteiger partial charge in [-0.05, 0) is 19.1 Å². The number of non-ortho nitro benzene ring substituents is 1. The molecule has 0 aliphatic rings. The molecule has 0 fully saturated rings. The third-order valence-corrected chi connectivity index (χ3v) is 1.67. The van der Waals surface area contributed by atoms with Crippen molar-refractivity contribution in [1.82, 2.24) is 5.43 Å². The van der Waals surface area contributed by atoms with Gasteiger partial charge in [-0.2, -0.15) is 5.10 Å². The van der Waals surface area contributed by atoms with Gasteiger partial charge >= 0.3 is 0 Å². The van der Waals surface area contributed by atoms with E-state index in [9.17, 15) is 14.9 Å². The molecule has 7 heteroatoms. The van der Waals surface area contributed by atoms with Gasteiger partial charge in [0.05, 0.1) is 4.92 Å². The van der Waals surface area contributed by atoms with Crippen LogP contribution in [0.25, 0.3) is 0 Å². The fourth-order valence-corrected chi connectivity index (χ4v) is 0.938. The molecule has 0 atom stereocenters. The van der Waals surface area contributed by atoms with Crippen LogP contribution in [0.5, 0.6) is 0 Å². The highest BCUT2D eigenvalue weighted by Gasteiger charge is 2.08. The Bertz CT molecular complexity index is 435. The maximum Gasteiger partial charge on any atom is 0.271 e. The first-order valence-electron chi connectivity index (χ1n) is 4.35. The molecule has 3 N–H and O–H groups in total. The number of nitrogens with two attached hydrogens (primary N) is 1. The lowest BCUT2D eigenvalue weighted by molar-refractivity contribution is -0.384. The molecule has 1 amide bonds. The Labute approximate surface area is 91.1 Å². The van der Waals surface area contributed by atoms with Crippen molar-refractivity contribution >= 4 is 17.4 Å². The number of nitrogens with zero attached hydrogens (tertiary/aromatic N) is 2. The lowest BCUT2D eigenvalue weighted by atomic mass is 10.2. The molecule has 84 valence electrons. The Morgan fingerprint density at radius 2 is 2.00 bits per heavy atom. The Morgan fingerprint density at radius 1 is 1.44 bits per heavy atom. The van der Waals surface area contributed by atoms with Gasteiger partial charge < -0.3 is 5.73 Å². The maximum absolute atomic E-state index is 11.4. The molecule has 0 aliphatic carbocycles. The number of nitrogens with one attached hydrogen (secondary N) is 1. The van der Waals surface area contributed by atoms with E-state index in [-0.39, 0.29) is 17.1 Å². The Hall–Kier alpha value is -2.44. The lowest BCUT2D eigenvalue weighted by Crippen LogP contribution is -2.21. The zero-order chi connectivity index (χ0) is 12.1. The van der Waals surface area contributed by atoms with Gasteiger partial charge in [-0.3, -0.25) is 14.9 Å². The molecule has 0 radical (unpaired) electrons. The fourth-order valence-electron chi connectivity index (χ4n) is 0.938. The molecule has 16 heavy (non-hydrogen) atoms. The van der Waals surface area contributed by atoms with Crippen LogP contribution in [0.3, 0.4) is 0 Å². The number of nitro benzene ring substituents is 1. The van der Waals surface area contributed by atoms with Crippen molar-refractivity contribution in [1.29, 1.82) is 0 Å². The van der Waals surface area contributed by atoms with Crippen LogP contribution >= 0.6 is 0 Å². The molecule has 1 aromatic carbocycles. The Morgan fingerprint density at radius 3 is 2.44 bits per heavy atom. The molecule has 1 rings (SSSR count). The van der Waals surface area contributed by atoms with Gasteiger partial charge in [0.25, 0.3) is 11.6 Å². The number of nitro groups is 1. The van der Waals surface area contributed by atoms with E-state index in [4.69, 9.17) is 5.73 Å². The van der Waals surface area contributed by atoms with Crippen molar-refractivity contribution in [2.24, 2.45) is 10.8 Å². The molecule has 1 aromatic rings. The first-order valence-corrected chi connectivity index (χ1v) is 4.35. The Kier molecular flexibility index (Phi) is 3.54. The van der Waals surface area contributed by atoms with Crippen LogP contribution in [0.1, 0.15) is 17.3 Å². The summed E-state index contributed by atoms with van der Waals surface area (Å²) in [4.78, 5) is 21.2. The summed E-state index contributed by atoms with van der Waals surface area (Å²) >= 11 is 0. The summed E-state index contributed by atoms with van der Waals surface area (Å²) in [6.07, 6.45) is 0. The largest absolute Gasteiger partial charge is 0.386 e. The lowest BCUT2D eigenvalue weighted by Gasteiger charge is -1.99. The van der Waals surface area contributed by atoms with Crippen molar-refractivity contribution in [2.45, 2.75) is 6.92 Å². The average Bonchev–Trinajstić information content (AvgIpc) is 2.26. The van der Waals surface area contributed by atoms with E-state index in [0.29, 0.717) is 0 Å². The average molecular weight is 222 g/mol. The van der Waals surface area contributed by atoms with E-state index in [2.05, 4.69) is 10.5 Å². The predicted molar refractivity (Wildman–Crippen MR) is 57.9 cm³/mol. The zero-order valence-corrected chi connectivity index (χ0v) is 8.51. The molecule has 0 unspecified atom stereocenters. The van der Waals surface area contributed by atoms with Crippen LogP contribution in [-0.2, 0) is 0 Å². The van der Waals surface area contributed by atoms with Crippen molar-refractivity contribution in [3.63, 3.8) is 0 Å². The third-order valence-electron chi connectivity index (χ3n) is 1.67. The number of rotatable bonds is 3. The molecule has 0 saturated carbocycles. The van der Waals surface area contributed by atoms with E-state index in [0.717, 1.165) is 0 Å². The van der Waals surface area contributed by atoms with Crippen LogP contribution in [0, 0.1) is 10.1 Å². The molecular formula is C9H10N4O3. The minimum Gasteiger partial charge on any atom is -0.386 e. The topological polar surface area (TPSA) is 111 Å². The number of hydrogen-bond donors (Lipinski definition) is 2. The first kappa shape index (κ1) is 11.6. The number of carbonyl (C=O) groups is 1. The van der Waals surface area contributed by atoms with Crippen LogP contribution in [-0.4, -0.2) is 16.7 Å². The summed E-state index contributed by atoms with van der Waals surface area (Å²) in [7, 11) is 0. The zero-order valence-electron chi connectivity index (χ0n) is 8.51. The Balaban J connectivity index is 2.78. The minimum absolute atomic E-state index is 0.0740. The third kappa shape index (κ3) is 3.05. The molecule has 0 heterocycles. The van der Waals surface area contributed by atoms with Gasteiger partial charge in [-0.25, -0.2) is 5.43 Å². The van der Waals surface area contributed by atoms with Crippen LogP contribution in [0.4, 0.5) is 5.69 Å². The van der Waals surface area contributed by atoms with Crippen molar-refractivity contribution in [3.8, 4) is 0 Å². The summed E-state index contributed by atoms with van der Waals surface area (Å²) in [5, 5.41) is 13.9. The molecule has 0 bridgehead atoms. The molecule has 0 aliphatic heterocycles. The maximum atomic E-state index is 11.4. The first-order chi connectivity index (χ1) is 7.50. The quantitative estimate of drug-likeness (QED) is 0.338. The van der Waals surface area contributed by atoms with E-state index in [1.165, 1.54) is 31.2 Å². The predicted octanol–water partition coefficient (Wildman–Crippen LogP) is 0.617. The van der Waals surface area contributed by atoms with Gasteiger partial charge in [0.15, 0.2) is 0 Å². The molecule has 7 nitrogen and oxygen atoms in total. The highest BCUT2D eigenvalue weighted by molar-refractivity contribution is 5.95. The number of benzene rings is 1. The van der Waals surface area contributed by atoms with Crippen molar-refractivity contribution < 1.29 is 9.72 Å². The number of carbonyl (C=O) groups excluding carboxylic acids is 1. The normalized spacial score (nSPS) is 10.9. The van der Waals surface area contributed by atoms with Gasteiger partial charge in [0.2, 0.25) is 0 Å². The summed E-state index contributed by atoms with van der Waals surface area (Å²) < 4.78 is 0. The summed E-state index contributed by atoms with van der Waals surface area (Å²) in [5.41, 5.74) is 7.63. The van der Waals surface area contributed by atoms with E-state index in [1.807, 2.05) is 0 Å². The van der Waals surface area contributed by atoms with Crippen LogP contribution in [0.2, 0.25) is 0 Å². The van der Waals surface area contributed by atoms with E-state index in [1.54, 1.807) is 0 Å². The van der Waals surface area contributed by atoms with Gasteiger partial charge in [-0.1, -0.05) is 0 Å². The highest BCUT2D eigenvalue weighted by atomic mass is 16.6. The number of hydrogen-bond acceptors (Lipinski definition) is 4. The summed E-state index contributed by atoms with van der Waals surface area (Å²) in [6.45, 7) is 1.52. The fraction of sp³-hybridized carbons (Fsp3) is 0.111. The van der Waals surface area contributed by atoms with Crippen molar-refractivity contribution in [3.05, 3.63) is 39.9 Å². The summed E-state index contributed by atoms with van der Waals surface area (Å²) in [5.74, 6) is -0.255. The van der Waals surface area contributed by atoms with Gasteiger partial charge in [0, 0.05) is 17.7 Å². The summed E-state index contributed by atoms with van der Waals surface area (Å²) in [6, 6.07) is 5.17. The van der Waals surface area contributed by atoms with E-state index < -0.39 is 10.8 Å². The molecule has 0 spiro atoms. The van der Waals surface area contributed by atoms with Crippen LogP contribution in [0.15, 0.2) is 29.4 Å². The second-order valence-electron chi connectivity index (χ2n) is 3.00. The second kappa shape index (κ2) is 4.87. The highest BCUT2D eigenvalue weighted by Crippen LogP contribution is 2.11. The molecule has 0 aromatic heterocycles. The monoisotopic (exact) mass is 222 g/mol. The number of hydrazone groups is 1. The number of amidine groups is 1. The van der Waals surface area contributed by atoms with Gasteiger partial charge in [-0.15, -0.1) is 0 Å². The molecule has 0 saturated heterocycles.